The molecule has 0 heterocycles. The molecule has 0 aliphatic heterocycles. The molecule has 0 bridgehead atoms. The van der Waals surface area contributed by atoms with Gasteiger partial charge in [0, 0.05) is 0 Å². The summed E-state index contributed by atoms with van der Waals surface area (Å²) in [6, 6.07) is 12.6. The average Bonchev–Trinajstić information content (AvgIpc) is 2.55. The Kier molecular flexibility index (Phi) is 5.98. The van der Waals surface area contributed by atoms with Crippen molar-refractivity contribution in [2.75, 3.05) is 6.54 Å². The minimum atomic E-state index is -0.285. The van der Waals surface area contributed by atoms with E-state index in [1.807, 2.05) is 38.1 Å². The highest BCUT2D eigenvalue weighted by molar-refractivity contribution is 6.12. The minimum absolute atomic E-state index is 0.274. The molecule has 0 saturated heterocycles. The van der Waals surface area contributed by atoms with Crippen LogP contribution in [0.4, 0.5) is 8.78 Å². The molecule has 118 valence electrons. The van der Waals surface area contributed by atoms with Crippen molar-refractivity contribution in [3.8, 4) is 0 Å². The van der Waals surface area contributed by atoms with Crippen molar-refractivity contribution in [3.05, 3.63) is 89.5 Å². The van der Waals surface area contributed by atoms with Crippen LogP contribution in [0.1, 0.15) is 25.0 Å². The van der Waals surface area contributed by atoms with Crippen molar-refractivity contribution < 1.29 is 8.78 Å². The van der Waals surface area contributed by atoms with Gasteiger partial charge in [-0.15, -0.1) is 0 Å². The van der Waals surface area contributed by atoms with Gasteiger partial charge in [-0.3, -0.25) is 4.99 Å². The van der Waals surface area contributed by atoms with E-state index < -0.39 is 0 Å². The highest BCUT2D eigenvalue weighted by atomic mass is 19.1. The van der Waals surface area contributed by atoms with E-state index in [-0.39, 0.29) is 11.6 Å². The van der Waals surface area contributed by atoms with Gasteiger partial charge in [-0.25, -0.2) is 8.78 Å². The number of benzene rings is 2. The van der Waals surface area contributed by atoms with E-state index in [2.05, 4.69) is 4.99 Å². The maximum absolute atomic E-state index is 13.4. The first-order chi connectivity index (χ1) is 11.1. The summed E-state index contributed by atoms with van der Waals surface area (Å²) in [7, 11) is 0. The summed E-state index contributed by atoms with van der Waals surface area (Å²) in [6.45, 7) is 4.38. The van der Waals surface area contributed by atoms with Crippen LogP contribution in [0.3, 0.4) is 0 Å². The SMILES string of the molecule is C/C=C\CN=C(/C=C(\C)c1cccc(F)c1)c1ccc(F)cc1. The summed E-state index contributed by atoms with van der Waals surface area (Å²) in [5.74, 6) is -0.558. The molecular formula is C20H19F2N. The van der Waals surface area contributed by atoms with Gasteiger partial charge < -0.3 is 0 Å². The van der Waals surface area contributed by atoms with Gasteiger partial charge in [-0.2, -0.15) is 0 Å². The van der Waals surface area contributed by atoms with Crippen LogP contribution in [-0.2, 0) is 0 Å². The fourth-order valence-electron chi connectivity index (χ4n) is 2.12. The van der Waals surface area contributed by atoms with Crippen LogP contribution in [-0.4, -0.2) is 12.3 Å². The predicted octanol–water partition coefficient (Wildman–Crippen LogP) is 5.43. The van der Waals surface area contributed by atoms with Gasteiger partial charge in [0.05, 0.1) is 12.3 Å². The molecule has 0 radical (unpaired) electrons. The quantitative estimate of drug-likeness (QED) is 0.515. The zero-order valence-corrected chi connectivity index (χ0v) is 13.3. The van der Waals surface area contributed by atoms with Gasteiger partial charge in [0.25, 0.3) is 0 Å². The second-order valence-corrected chi connectivity index (χ2v) is 5.14. The first kappa shape index (κ1) is 16.8. The topological polar surface area (TPSA) is 12.4 Å². The smallest absolute Gasteiger partial charge is 0.123 e. The molecule has 0 saturated carbocycles. The largest absolute Gasteiger partial charge is 0.281 e. The Hall–Kier alpha value is -2.55. The van der Waals surface area contributed by atoms with Crippen molar-refractivity contribution in [2.24, 2.45) is 4.99 Å². The summed E-state index contributed by atoms with van der Waals surface area (Å²) >= 11 is 0. The predicted molar refractivity (Wildman–Crippen MR) is 92.7 cm³/mol. The van der Waals surface area contributed by atoms with Gasteiger partial charge in [-0.1, -0.05) is 24.3 Å². The summed E-state index contributed by atoms with van der Waals surface area (Å²) in [6.07, 6.45) is 5.76. The monoisotopic (exact) mass is 311 g/mol. The van der Waals surface area contributed by atoms with Gasteiger partial charge in [0.15, 0.2) is 0 Å². The number of halogens is 2. The molecule has 0 spiro atoms. The lowest BCUT2D eigenvalue weighted by Gasteiger charge is -2.06. The highest BCUT2D eigenvalue weighted by Gasteiger charge is 2.04. The molecule has 0 unspecified atom stereocenters. The molecule has 3 heteroatoms. The van der Waals surface area contributed by atoms with E-state index in [1.54, 1.807) is 18.2 Å². The van der Waals surface area contributed by atoms with Crippen LogP contribution in [0, 0.1) is 11.6 Å². The van der Waals surface area contributed by atoms with Crippen molar-refractivity contribution >= 4 is 11.3 Å². The van der Waals surface area contributed by atoms with Crippen LogP contribution in [0.2, 0.25) is 0 Å². The molecule has 0 atom stereocenters. The maximum atomic E-state index is 13.4. The number of aliphatic imine (C=N–C) groups is 1. The van der Waals surface area contributed by atoms with E-state index in [0.717, 1.165) is 22.4 Å². The summed E-state index contributed by atoms with van der Waals surface area (Å²) < 4.78 is 26.5. The third-order valence-corrected chi connectivity index (χ3v) is 3.38. The first-order valence-corrected chi connectivity index (χ1v) is 7.46. The Morgan fingerprint density at radius 3 is 2.39 bits per heavy atom. The summed E-state index contributed by atoms with van der Waals surface area (Å²) in [5, 5.41) is 0. The molecular weight excluding hydrogens is 292 g/mol. The van der Waals surface area contributed by atoms with Crippen LogP contribution < -0.4 is 0 Å². The Bertz CT molecular complexity index is 740. The minimum Gasteiger partial charge on any atom is -0.281 e. The van der Waals surface area contributed by atoms with Gasteiger partial charge in [0.1, 0.15) is 11.6 Å². The highest BCUT2D eigenvalue weighted by Crippen LogP contribution is 2.17. The normalized spacial score (nSPS) is 12.9. The second-order valence-electron chi connectivity index (χ2n) is 5.14. The molecule has 0 fully saturated rings. The first-order valence-electron chi connectivity index (χ1n) is 7.46. The fraction of sp³-hybridized carbons (Fsp3) is 0.150. The van der Waals surface area contributed by atoms with Crippen LogP contribution >= 0.6 is 0 Å². The zero-order valence-electron chi connectivity index (χ0n) is 13.3. The third kappa shape index (κ3) is 4.99. The average molecular weight is 311 g/mol. The number of nitrogens with zero attached hydrogens (tertiary/aromatic N) is 1. The van der Waals surface area contributed by atoms with Gasteiger partial charge >= 0.3 is 0 Å². The van der Waals surface area contributed by atoms with E-state index in [4.69, 9.17) is 0 Å². The van der Waals surface area contributed by atoms with Crippen molar-refractivity contribution in [1.82, 2.24) is 0 Å². The molecule has 2 rings (SSSR count). The number of allylic oxidation sites excluding steroid dienone is 3. The second kappa shape index (κ2) is 8.18. The van der Waals surface area contributed by atoms with Gasteiger partial charge in [0.2, 0.25) is 0 Å². The van der Waals surface area contributed by atoms with Crippen LogP contribution in [0.15, 0.2) is 71.8 Å². The molecule has 0 N–H and O–H groups in total. The van der Waals surface area contributed by atoms with E-state index >= 15 is 0 Å². The molecule has 1 nitrogen and oxygen atoms in total. The number of rotatable bonds is 5. The molecule has 2 aromatic rings. The zero-order chi connectivity index (χ0) is 16.7. The molecule has 0 aliphatic carbocycles. The standard InChI is InChI=1S/C20H19F2N/c1-3-4-12-23-20(16-8-10-18(21)11-9-16)13-15(2)17-6-5-7-19(22)14-17/h3-11,13-14H,12H2,1-2H3/b4-3-,15-13+,23-20?. The lowest BCUT2D eigenvalue weighted by Crippen LogP contribution is -2.00. The lowest BCUT2D eigenvalue weighted by atomic mass is 10.0. The Labute approximate surface area is 135 Å². The van der Waals surface area contributed by atoms with E-state index in [1.165, 1.54) is 24.3 Å². The maximum Gasteiger partial charge on any atom is 0.123 e. The molecule has 0 aliphatic rings. The Morgan fingerprint density at radius 1 is 1.00 bits per heavy atom. The molecule has 23 heavy (non-hydrogen) atoms. The van der Waals surface area contributed by atoms with Crippen molar-refractivity contribution in [3.63, 3.8) is 0 Å². The Morgan fingerprint density at radius 2 is 1.74 bits per heavy atom. The third-order valence-electron chi connectivity index (χ3n) is 3.38. The molecule has 0 amide bonds. The fourth-order valence-corrected chi connectivity index (χ4v) is 2.12. The van der Waals surface area contributed by atoms with E-state index in [9.17, 15) is 8.78 Å². The van der Waals surface area contributed by atoms with Crippen LogP contribution in [0.25, 0.3) is 5.57 Å². The summed E-state index contributed by atoms with van der Waals surface area (Å²) in [4.78, 5) is 4.54. The Balaban J connectivity index is 2.39. The number of hydrogen-bond donors (Lipinski definition) is 0. The van der Waals surface area contributed by atoms with Gasteiger partial charge in [-0.05, 0) is 73.0 Å². The van der Waals surface area contributed by atoms with Crippen molar-refractivity contribution in [2.45, 2.75) is 13.8 Å². The van der Waals surface area contributed by atoms with Crippen LogP contribution in [0.5, 0.6) is 0 Å². The van der Waals surface area contributed by atoms with Crippen molar-refractivity contribution in [1.29, 1.82) is 0 Å². The summed E-state index contributed by atoms with van der Waals surface area (Å²) in [5.41, 5.74) is 3.26. The molecule has 0 aromatic heterocycles. The lowest BCUT2D eigenvalue weighted by molar-refractivity contribution is 0.627. The molecule has 2 aromatic carbocycles. The number of hydrogen-bond acceptors (Lipinski definition) is 1. The van der Waals surface area contributed by atoms with E-state index in [0.29, 0.717) is 6.54 Å².